The van der Waals surface area contributed by atoms with Gasteiger partial charge in [0.2, 0.25) is 0 Å². The van der Waals surface area contributed by atoms with Crippen LogP contribution in [0.5, 0.6) is 0 Å². The van der Waals surface area contributed by atoms with Crippen LogP contribution in [0.2, 0.25) is 0 Å². The minimum Gasteiger partial charge on any atom is -0.348 e. The molecule has 2 aromatic heterocycles. The zero-order valence-electron chi connectivity index (χ0n) is 12.0. The van der Waals surface area contributed by atoms with Crippen molar-refractivity contribution in [1.29, 1.82) is 0 Å². The molecule has 1 aliphatic rings. The van der Waals surface area contributed by atoms with Crippen LogP contribution < -0.4 is 5.32 Å². The van der Waals surface area contributed by atoms with Crippen LogP contribution in [0.15, 0.2) is 42.7 Å². The van der Waals surface area contributed by atoms with E-state index in [1.807, 2.05) is 36.5 Å². The highest BCUT2D eigenvalue weighted by atomic mass is 16.1. The Bertz CT molecular complexity index is 834. The predicted molar refractivity (Wildman–Crippen MR) is 83.6 cm³/mol. The van der Waals surface area contributed by atoms with Gasteiger partial charge in [0.05, 0.1) is 6.20 Å². The van der Waals surface area contributed by atoms with Gasteiger partial charge in [-0.1, -0.05) is 24.3 Å². The molecule has 0 radical (unpaired) electrons. The van der Waals surface area contributed by atoms with Crippen molar-refractivity contribution in [2.75, 3.05) is 0 Å². The number of pyridine rings is 1. The highest BCUT2D eigenvalue weighted by Crippen LogP contribution is 2.20. The van der Waals surface area contributed by atoms with Crippen molar-refractivity contribution in [3.8, 4) is 0 Å². The molecule has 0 aliphatic heterocycles. The van der Waals surface area contributed by atoms with E-state index >= 15 is 0 Å². The number of hydrogen-bond acceptors (Lipinski definition) is 3. The minimum absolute atomic E-state index is 0.107. The number of aromatic amines is 1. The molecule has 5 heteroatoms. The lowest BCUT2D eigenvalue weighted by Crippen LogP contribution is -2.39. The van der Waals surface area contributed by atoms with Crippen molar-refractivity contribution in [3.63, 3.8) is 0 Å². The summed E-state index contributed by atoms with van der Waals surface area (Å²) in [6, 6.07) is 9.87. The van der Waals surface area contributed by atoms with E-state index in [0.717, 1.165) is 35.7 Å². The van der Waals surface area contributed by atoms with E-state index < -0.39 is 0 Å². The number of nitrogens with one attached hydrogen (secondary N) is 2. The molecule has 2 heterocycles. The number of H-pyrrole nitrogens is 1. The van der Waals surface area contributed by atoms with Crippen LogP contribution in [0.3, 0.4) is 0 Å². The van der Waals surface area contributed by atoms with Gasteiger partial charge < -0.3 is 5.32 Å². The van der Waals surface area contributed by atoms with Crippen molar-refractivity contribution in [2.24, 2.45) is 0 Å². The van der Waals surface area contributed by atoms with Crippen LogP contribution in [-0.2, 0) is 12.8 Å². The van der Waals surface area contributed by atoms with Gasteiger partial charge in [-0.3, -0.25) is 14.9 Å². The molecule has 5 nitrogen and oxygen atoms in total. The average molecular weight is 292 g/mol. The Kier molecular flexibility index (Phi) is 3.11. The summed E-state index contributed by atoms with van der Waals surface area (Å²) in [4.78, 5) is 16.9. The van der Waals surface area contributed by atoms with Gasteiger partial charge in [-0.15, -0.1) is 0 Å². The van der Waals surface area contributed by atoms with E-state index in [1.165, 1.54) is 5.56 Å². The molecular formula is C17H16N4O. The molecule has 1 aliphatic carbocycles. The lowest BCUT2D eigenvalue weighted by Gasteiger charge is -2.22. The Labute approximate surface area is 127 Å². The number of aromatic nitrogens is 3. The van der Waals surface area contributed by atoms with Gasteiger partial charge in [0.1, 0.15) is 5.69 Å². The molecule has 1 aromatic carbocycles. The SMILES string of the molecule is O=C(N[C@@H]1CCc2cn[nH]c2C1)c1nccc2ccccc12. The second-order valence-electron chi connectivity index (χ2n) is 5.67. The lowest BCUT2D eigenvalue weighted by atomic mass is 9.93. The van der Waals surface area contributed by atoms with Crippen molar-refractivity contribution in [1.82, 2.24) is 20.5 Å². The molecule has 0 saturated heterocycles. The predicted octanol–water partition coefficient (Wildman–Crippen LogP) is 2.25. The molecule has 0 fully saturated rings. The molecule has 0 bridgehead atoms. The molecule has 3 aromatic rings. The summed E-state index contributed by atoms with van der Waals surface area (Å²) >= 11 is 0. The summed E-state index contributed by atoms with van der Waals surface area (Å²) in [7, 11) is 0. The fourth-order valence-electron chi connectivity index (χ4n) is 3.09. The zero-order valence-corrected chi connectivity index (χ0v) is 12.0. The van der Waals surface area contributed by atoms with Gasteiger partial charge in [0.15, 0.2) is 0 Å². The Balaban J connectivity index is 1.57. The maximum absolute atomic E-state index is 12.6. The number of rotatable bonds is 2. The van der Waals surface area contributed by atoms with E-state index in [9.17, 15) is 4.79 Å². The molecule has 0 unspecified atom stereocenters. The third kappa shape index (κ3) is 2.24. The molecule has 22 heavy (non-hydrogen) atoms. The van der Waals surface area contributed by atoms with E-state index in [4.69, 9.17) is 0 Å². The first kappa shape index (κ1) is 13.0. The molecule has 1 amide bonds. The molecule has 0 saturated carbocycles. The summed E-state index contributed by atoms with van der Waals surface area (Å²) in [5.41, 5.74) is 2.88. The van der Waals surface area contributed by atoms with Crippen LogP contribution in [0.4, 0.5) is 0 Å². The maximum Gasteiger partial charge on any atom is 0.270 e. The standard InChI is InChI=1S/C17H16N4O/c22-17(16-14-4-2-1-3-11(14)7-8-18-16)20-13-6-5-12-10-19-21-15(12)9-13/h1-4,7-8,10,13H,5-6,9H2,(H,19,21)(H,20,22)/t13-/m1/s1. The Morgan fingerprint density at radius 2 is 2.18 bits per heavy atom. The number of amides is 1. The largest absolute Gasteiger partial charge is 0.348 e. The monoisotopic (exact) mass is 292 g/mol. The van der Waals surface area contributed by atoms with Crippen LogP contribution >= 0.6 is 0 Å². The highest BCUT2D eigenvalue weighted by molar-refractivity contribution is 6.05. The summed E-state index contributed by atoms with van der Waals surface area (Å²) in [6.45, 7) is 0. The smallest absolute Gasteiger partial charge is 0.270 e. The van der Waals surface area contributed by atoms with E-state index in [0.29, 0.717) is 5.69 Å². The zero-order chi connectivity index (χ0) is 14.9. The first-order chi connectivity index (χ1) is 10.8. The lowest BCUT2D eigenvalue weighted by molar-refractivity contribution is 0.0930. The van der Waals surface area contributed by atoms with Crippen molar-refractivity contribution in [3.05, 3.63) is 59.7 Å². The first-order valence-corrected chi connectivity index (χ1v) is 7.47. The van der Waals surface area contributed by atoms with Crippen LogP contribution in [0, 0.1) is 0 Å². The quantitative estimate of drug-likeness (QED) is 0.761. The van der Waals surface area contributed by atoms with Crippen LogP contribution in [0.25, 0.3) is 10.8 Å². The number of benzene rings is 1. The molecule has 1 atom stereocenters. The molecule has 4 rings (SSSR count). The normalized spacial score (nSPS) is 17.2. The topological polar surface area (TPSA) is 70.7 Å². The van der Waals surface area contributed by atoms with Gasteiger partial charge >= 0.3 is 0 Å². The van der Waals surface area contributed by atoms with Crippen molar-refractivity contribution in [2.45, 2.75) is 25.3 Å². The Morgan fingerprint density at radius 3 is 3.14 bits per heavy atom. The first-order valence-electron chi connectivity index (χ1n) is 7.47. The van der Waals surface area contributed by atoms with Crippen molar-refractivity contribution < 1.29 is 4.79 Å². The molecule has 0 spiro atoms. The van der Waals surface area contributed by atoms with Crippen LogP contribution in [0.1, 0.15) is 28.2 Å². The fraction of sp³-hybridized carbons (Fsp3) is 0.235. The number of nitrogens with zero attached hydrogens (tertiary/aromatic N) is 2. The number of fused-ring (bicyclic) bond motifs is 2. The van der Waals surface area contributed by atoms with E-state index in [-0.39, 0.29) is 11.9 Å². The summed E-state index contributed by atoms with van der Waals surface area (Å²) in [5, 5.41) is 12.1. The number of hydrogen-bond donors (Lipinski definition) is 2. The Morgan fingerprint density at radius 1 is 1.27 bits per heavy atom. The van der Waals surface area contributed by atoms with E-state index in [2.05, 4.69) is 20.5 Å². The van der Waals surface area contributed by atoms with Crippen LogP contribution in [-0.4, -0.2) is 27.1 Å². The van der Waals surface area contributed by atoms with Gasteiger partial charge in [-0.2, -0.15) is 5.10 Å². The number of carbonyl (C=O) groups excluding carboxylic acids is 1. The average Bonchev–Trinajstić information content (AvgIpc) is 3.02. The van der Waals surface area contributed by atoms with Crippen molar-refractivity contribution >= 4 is 16.7 Å². The number of carbonyl (C=O) groups is 1. The summed E-state index contributed by atoms with van der Waals surface area (Å²) in [6.07, 6.45) is 6.24. The van der Waals surface area contributed by atoms with Gasteiger partial charge in [0, 0.05) is 29.7 Å². The molecule has 2 N–H and O–H groups in total. The third-order valence-electron chi connectivity index (χ3n) is 4.24. The van der Waals surface area contributed by atoms with E-state index in [1.54, 1.807) is 6.20 Å². The van der Waals surface area contributed by atoms with Gasteiger partial charge in [0.25, 0.3) is 5.91 Å². The summed E-state index contributed by atoms with van der Waals surface area (Å²) in [5.74, 6) is -0.107. The second-order valence-corrected chi connectivity index (χ2v) is 5.67. The maximum atomic E-state index is 12.6. The third-order valence-corrected chi connectivity index (χ3v) is 4.24. The fourth-order valence-corrected chi connectivity index (χ4v) is 3.09. The van der Waals surface area contributed by atoms with Gasteiger partial charge in [-0.05, 0) is 29.9 Å². The van der Waals surface area contributed by atoms with Gasteiger partial charge in [-0.25, -0.2) is 0 Å². The summed E-state index contributed by atoms with van der Waals surface area (Å²) < 4.78 is 0. The number of aryl methyl sites for hydroxylation is 1. The Hall–Kier alpha value is -2.69. The molecule has 110 valence electrons. The highest BCUT2D eigenvalue weighted by Gasteiger charge is 2.23. The minimum atomic E-state index is -0.107. The molecular weight excluding hydrogens is 276 g/mol. The second kappa shape index (κ2) is 5.26.